The molecule has 0 aliphatic rings. The lowest BCUT2D eigenvalue weighted by Crippen LogP contribution is -2.11. The number of esters is 2. The molecule has 0 bridgehead atoms. The summed E-state index contributed by atoms with van der Waals surface area (Å²) in [6, 6.07) is 3.27. The normalized spacial score (nSPS) is 9.80. The van der Waals surface area contributed by atoms with Gasteiger partial charge in [0.25, 0.3) is 0 Å². The van der Waals surface area contributed by atoms with E-state index in [0.717, 1.165) is 0 Å². The van der Waals surface area contributed by atoms with Crippen LogP contribution in [0.15, 0.2) is 36.4 Å². The number of rotatable bonds is 4. The minimum Gasteiger partial charge on any atom is -0.423 e. The van der Waals surface area contributed by atoms with Gasteiger partial charge in [-0.1, -0.05) is 13.2 Å². The molecular formula is C16H18O4. The molecule has 0 unspecified atom stereocenters. The largest absolute Gasteiger partial charge is 0.423 e. The Morgan fingerprint density at radius 2 is 1.30 bits per heavy atom. The first-order chi connectivity index (χ1) is 9.22. The number of carbonyl (C=O) groups excluding carboxylic acids is 2. The van der Waals surface area contributed by atoms with E-state index in [-0.39, 0.29) is 0 Å². The van der Waals surface area contributed by atoms with E-state index in [1.807, 2.05) is 0 Å². The topological polar surface area (TPSA) is 52.6 Å². The average Bonchev–Trinajstić information content (AvgIpc) is 2.33. The van der Waals surface area contributed by atoms with Crippen LogP contribution in [0.2, 0.25) is 0 Å². The predicted octanol–water partition coefficient (Wildman–Crippen LogP) is 3.27. The highest BCUT2D eigenvalue weighted by Gasteiger charge is 2.14. The van der Waals surface area contributed by atoms with Crippen LogP contribution in [0.3, 0.4) is 0 Å². The second kappa shape index (κ2) is 6.19. The number of benzene rings is 1. The summed E-state index contributed by atoms with van der Waals surface area (Å²) >= 11 is 0. The van der Waals surface area contributed by atoms with Gasteiger partial charge in [0.05, 0.1) is 0 Å². The zero-order valence-electron chi connectivity index (χ0n) is 12.2. The van der Waals surface area contributed by atoms with Crippen molar-refractivity contribution in [1.82, 2.24) is 0 Å². The third-order valence-corrected chi connectivity index (χ3v) is 2.54. The molecule has 0 aromatic heterocycles. The van der Waals surface area contributed by atoms with Crippen molar-refractivity contribution >= 4 is 11.9 Å². The van der Waals surface area contributed by atoms with Gasteiger partial charge in [-0.15, -0.1) is 0 Å². The summed E-state index contributed by atoms with van der Waals surface area (Å²) in [5, 5.41) is 0. The smallest absolute Gasteiger partial charge is 0.338 e. The maximum atomic E-state index is 11.5. The molecule has 1 aromatic rings. The summed E-state index contributed by atoms with van der Waals surface area (Å²) in [5.41, 5.74) is 2.04. The third kappa shape index (κ3) is 3.82. The van der Waals surface area contributed by atoms with Crippen molar-refractivity contribution in [2.75, 3.05) is 0 Å². The lowest BCUT2D eigenvalue weighted by Gasteiger charge is -2.12. The molecule has 1 rings (SSSR count). The van der Waals surface area contributed by atoms with E-state index in [1.54, 1.807) is 39.8 Å². The molecule has 0 radical (unpaired) electrons. The highest BCUT2D eigenvalue weighted by molar-refractivity contribution is 5.90. The Morgan fingerprint density at radius 3 is 1.70 bits per heavy atom. The van der Waals surface area contributed by atoms with Gasteiger partial charge < -0.3 is 9.47 Å². The minimum absolute atomic E-state index is 0.318. The molecule has 20 heavy (non-hydrogen) atoms. The van der Waals surface area contributed by atoms with Crippen molar-refractivity contribution in [3.8, 4) is 11.5 Å². The van der Waals surface area contributed by atoms with E-state index in [0.29, 0.717) is 33.8 Å². The first kappa shape index (κ1) is 15.7. The summed E-state index contributed by atoms with van der Waals surface area (Å²) in [5.74, 6) is -0.130. The molecule has 0 saturated carbocycles. The fourth-order valence-electron chi connectivity index (χ4n) is 1.50. The van der Waals surface area contributed by atoms with Gasteiger partial charge in [-0.25, -0.2) is 9.59 Å². The van der Waals surface area contributed by atoms with Gasteiger partial charge in [0.2, 0.25) is 0 Å². The van der Waals surface area contributed by atoms with Crippen LogP contribution >= 0.6 is 0 Å². The number of ether oxygens (including phenoxy) is 2. The summed E-state index contributed by atoms with van der Waals surface area (Å²) in [6.45, 7) is 13.7. The number of carbonyl (C=O) groups is 2. The molecule has 0 aliphatic heterocycles. The van der Waals surface area contributed by atoms with Crippen molar-refractivity contribution in [2.45, 2.75) is 27.7 Å². The van der Waals surface area contributed by atoms with E-state index in [2.05, 4.69) is 13.2 Å². The van der Waals surface area contributed by atoms with Gasteiger partial charge in [-0.3, -0.25) is 0 Å². The molecule has 0 amide bonds. The molecule has 4 heteroatoms. The van der Waals surface area contributed by atoms with E-state index >= 15 is 0 Å². The van der Waals surface area contributed by atoms with Crippen LogP contribution in [0.5, 0.6) is 11.5 Å². The second-order valence-corrected chi connectivity index (χ2v) is 4.73. The van der Waals surface area contributed by atoms with Crippen LogP contribution in [0.4, 0.5) is 0 Å². The number of hydrogen-bond acceptors (Lipinski definition) is 4. The Balaban J connectivity index is 3.03. The van der Waals surface area contributed by atoms with Crippen LogP contribution in [-0.4, -0.2) is 11.9 Å². The van der Waals surface area contributed by atoms with E-state index in [9.17, 15) is 9.59 Å². The molecule has 0 atom stereocenters. The SMILES string of the molecule is C=C(C)C(=O)Oc1cc(C)c(OC(=O)C(=C)C)c(C)c1. The first-order valence-electron chi connectivity index (χ1n) is 6.09. The number of aryl methyl sites for hydroxylation is 2. The fraction of sp³-hybridized carbons (Fsp3) is 0.250. The van der Waals surface area contributed by atoms with Crippen molar-refractivity contribution in [2.24, 2.45) is 0 Å². The van der Waals surface area contributed by atoms with Gasteiger partial charge in [-0.05, 0) is 51.0 Å². The molecule has 106 valence electrons. The fourth-order valence-corrected chi connectivity index (χ4v) is 1.50. The third-order valence-electron chi connectivity index (χ3n) is 2.54. The lowest BCUT2D eigenvalue weighted by atomic mass is 10.1. The molecule has 4 nitrogen and oxygen atoms in total. The van der Waals surface area contributed by atoms with Gasteiger partial charge in [-0.2, -0.15) is 0 Å². The average molecular weight is 274 g/mol. The summed E-state index contributed by atoms with van der Waals surface area (Å²) in [4.78, 5) is 23.0. The minimum atomic E-state index is -0.490. The Hall–Kier alpha value is -2.36. The van der Waals surface area contributed by atoms with Crippen molar-refractivity contribution in [3.63, 3.8) is 0 Å². The van der Waals surface area contributed by atoms with Crippen LogP contribution in [0.1, 0.15) is 25.0 Å². The van der Waals surface area contributed by atoms with Crippen molar-refractivity contribution < 1.29 is 19.1 Å². The van der Waals surface area contributed by atoms with Crippen molar-refractivity contribution in [1.29, 1.82) is 0 Å². The molecule has 0 N–H and O–H groups in total. The van der Waals surface area contributed by atoms with Gasteiger partial charge in [0.15, 0.2) is 0 Å². The van der Waals surface area contributed by atoms with Gasteiger partial charge in [0, 0.05) is 11.1 Å². The molecule has 0 fully saturated rings. The monoisotopic (exact) mass is 274 g/mol. The molecule has 0 spiro atoms. The van der Waals surface area contributed by atoms with Crippen LogP contribution in [-0.2, 0) is 9.59 Å². The van der Waals surface area contributed by atoms with Gasteiger partial charge in [0.1, 0.15) is 11.5 Å². The standard InChI is InChI=1S/C16H18O4/c1-9(2)15(17)19-13-7-11(5)14(12(6)8-13)20-16(18)10(3)4/h7-8H,1,3H2,2,4-6H3. The highest BCUT2D eigenvalue weighted by atomic mass is 16.5. The van der Waals surface area contributed by atoms with Crippen molar-refractivity contribution in [3.05, 3.63) is 47.6 Å². The Bertz CT molecular complexity index is 573. The van der Waals surface area contributed by atoms with E-state index < -0.39 is 11.9 Å². The van der Waals surface area contributed by atoms with E-state index in [4.69, 9.17) is 9.47 Å². The molecule has 0 heterocycles. The van der Waals surface area contributed by atoms with E-state index in [1.165, 1.54) is 0 Å². The number of hydrogen-bond donors (Lipinski definition) is 0. The molecular weight excluding hydrogens is 256 g/mol. The first-order valence-corrected chi connectivity index (χ1v) is 6.09. The van der Waals surface area contributed by atoms with Crippen LogP contribution in [0.25, 0.3) is 0 Å². The second-order valence-electron chi connectivity index (χ2n) is 4.73. The molecule has 1 aromatic carbocycles. The molecule has 0 saturated heterocycles. The maximum absolute atomic E-state index is 11.5. The summed E-state index contributed by atoms with van der Waals surface area (Å²) in [6.07, 6.45) is 0. The zero-order valence-corrected chi connectivity index (χ0v) is 12.2. The van der Waals surface area contributed by atoms with Crippen LogP contribution in [0, 0.1) is 13.8 Å². The lowest BCUT2D eigenvalue weighted by molar-refractivity contribution is -0.131. The Morgan fingerprint density at radius 1 is 0.900 bits per heavy atom. The summed E-state index contributed by atoms with van der Waals surface area (Å²) in [7, 11) is 0. The quantitative estimate of drug-likeness (QED) is 0.480. The zero-order chi connectivity index (χ0) is 15.4. The van der Waals surface area contributed by atoms with Crippen LogP contribution < -0.4 is 9.47 Å². The van der Waals surface area contributed by atoms with Gasteiger partial charge >= 0.3 is 11.9 Å². The summed E-state index contributed by atoms with van der Waals surface area (Å²) < 4.78 is 10.4. The maximum Gasteiger partial charge on any atom is 0.338 e. The molecule has 0 aliphatic carbocycles. The Kier molecular flexibility index (Phi) is 4.86. The predicted molar refractivity (Wildman–Crippen MR) is 76.8 cm³/mol. The highest BCUT2D eigenvalue weighted by Crippen LogP contribution is 2.29. The Labute approximate surface area is 118 Å².